The first-order valence-electron chi connectivity index (χ1n) is 5.81. The highest BCUT2D eigenvalue weighted by molar-refractivity contribution is 7.91. The molecule has 100 valence electrons. The summed E-state index contributed by atoms with van der Waals surface area (Å²) in [6.45, 7) is 6.13. The molecule has 0 saturated carbocycles. The molecule has 0 amide bonds. The highest BCUT2D eigenvalue weighted by atomic mass is 32.2. The van der Waals surface area contributed by atoms with Gasteiger partial charge in [0.25, 0.3) is 0 Å². The first-order chi connectivity index (χ1) is 7.68. The topological polar surface area (TPSA) is 72.5 Å². The second kappa shape index (κ2) is 5.35. The Labute approximate surface area is 103 Å². The van der Waals surface area contributed by atoms with Crippen LogP contribution in [0.4, 0.5) is 0 Å². The lowest BCUT2D eigenvalue weighted by atomic mass is 10.1. The van der Waals surface area contributed by atoms with Crippen molar-refractivity contribution in [2.24, 2.45) is 5.92 Å². The van der Waals surface area contributed by atoms with E-state index in [0.29, 0.717) is 13.0 Å². The summed E-state index contributed by atoms with van der Waals surface area (Å²) in [5, 5.41) is 2.95. The van der Waals surface area contributed by atoms with Crippen molar-refractivity contribution in [3.8, 4) is 0 Å². The first-order valence-corrected chi connectivity index (χ1v) is 7.63. The Morgan fingerprint density at radius 1 is 1.41 bits per heavy atom. The molecule has 0 aromatic carbocycles. The van der Waals surface area contributed by atoms with E-state index in [1.165, 1.54) is 0 Å². The number of esters is 1. The van der Waals surface area contributed by atoms with E-state index >= 15 is 0 Å². The van der Waals surface area contributed by atoms with Crippen molar-refractivity contribution in [2.45, 2.75) is 32.8 Å². The SMILES string of the molecule is CC(C)(C)OC(=O)CNCC1CCS(=O)(=O)C1. The Hall–Kier alpha value is -0.620. The first kappa shape index (κ1) is 14.4. The smallest absolute Gasteiger partial charge is 0.320 e. The second-order valence-corrected chi connectivity index (χ2v) is 7.72. The number of carbonyl (C=O) groups is 1. The van der Waals surface area contributed by atoms with Gasteiger partial charge < -0.3 is 10.1 Å². The van der Waals surface area contributed by atoms with Crippen molar-refractivity contribution in [3.63, 3.8) is 0 Å². The van der Waals surface area contributed by atoms with Crippen LogP contribution in [0.3, 0.4) is 0 Å². The van der Waals surface area contributed by atoms with Crippen molar-refractivity contribution in [1.29, 1.82) is 0 Å². The van der Waals surface area contributed by atoms with E-state index in [0.717, 1.165) is 0 Å². The Kier molecular flexibility index (Phi) is 4.55. The molecule has 5 nitrogen and oxygen atoms in total. The van der Waals surface area contributed by atoms with Crippen LogP contribution in [-0.4, -0.2) is 44.6 Å². The minimum Gasteiger partial charge on any atom is -0.459 e. The van der Waals surface area contributed by atoms with Crippen molar-refractivity contribution in [3.05, 3.63) is 0 Å². The summed E-state index contributed by atoms with van der Waals surface area (Å²) in [4.78, 5) is 11.4. The highest BCUT2D eigenvalue weighted by Gasteiger charge is 2.27. The average Bonchev–Trinajstić information content (AvgIpc) is 2.42. The minimum absolute atomic E-state index is 0.127. The molecule has 0 aromatic rings. The molecule has 0 aliphatic carbocycles. The molecule has 1 rings (SSSR count). The van der Waals surface area contributed by atoms with Crippen molar-refractivity contribution in [2.75, 3.05) is 24.6 Å². The van der Waals surface area contributed by atoms with Gasteiger partial charge in [-0.15, -0.1) is 0 Å². The molecule has 0 aromatic heterocycles. The molecule has 1 unspecified atom stereocenters. The maximum absolute atomic E-state index is 11.4. The van der Waals surface area contributed by atoms with Gasteiger partial charge in [-0.1, -0.05) is 0 Å². The van der Waals surface area contributed by atoms with Gasteiger partial charge in [-0.3, -0.25) is 4.79 Å². The van der Waals surface area contributed by atoms with Crippen molar-refractivity contribution >= 4 is 15.8 Å². The predicted molar refractivity (Wildman–Crippen MR) is 65.5 cm³/mol. The molecule has 1 N–H and O–H groups in total. The Balaban J connectivity index is 2.19. The van der Waals surface area contributed by atoms with E-state index in [9.17, 15) is 13.2 Å². The quantitative estimate of drug-likeness (QED) is 0.741. The Morgan fingerprint density at radius 3 is 2.53 bits per heavy atom. The lowest BCUT2D eigenvalue weighted by Gasteiger charge is -2.19. The molecule has 0 radical (unpaired) electrons. The summed E-state index contributed by atoms with van der Waals surface area (Å²) in [5.41, 5.74) is -0.477. The third kappa shape index (κ3) is 6.02. The maximum atomic E-state index is 11.4. The molecule has 0 bridgehead atoms. The second-order valence-electron chi connectivity index (χ2n) is 5.49. The van der Waals surface area contributed by atoms with Gasteiger partial charge in [-0.2, -0.15) is 0 Å². The van der Waals surface area contributed by atoms with E-state index in [2.05, 4.69) is 5.32 Å². The summed E-state index contributed by atoms with van der Waals surface area (Å²) in [5.74, 6) is 0.320. The molecule has 1 fully saturated rings. The monoisotopic (exact) mass is 263 g/mol. The average molecular weight is 263 g/mol. The van der Waals surface area contributed by atoms with Gasteiger partial charge in [0.05, 0.1) is 18.1 Å². The molecule has 1 atom stereocenters. The lowest BCUT2D eigenvalue weighted by Crippen LogP contribution is -2.34. The van der Waals surface area contributed by atoms with Crippen molar-refractivity contribution in [1.82, 2.24) is 5.32 Å². The Bertz CT molecular complexity index is 369. The number of ether oxygens (including phenoxy) is 1. The molecular formula is C11H21NO4S. The van der Waals surface area contributed by atoms with E-state index in [1.807, 2.05) is 20.8 Å². The zero-order valence-electron chi connectivity index (χ0n) is 10.7. The number of nitrogens with one attached hydrogen (secondary N) is 1. The molecule has 17 heavy (non-hydrogen) atoms. The van der Waals surface area contributed by atoms with Crippen LogP contribution in [0.1, 0.15) is 27.2 Å². The standard InChI is InChI=1S/C11H21NO4S/c1-11(2,3)16-10(13)7-12-6-9-4-5-17(14,15)8-9/h9,12H,4-8H2,1-3H3. The fourth-order valence-corrected chi connectivity index (χ4v) is 3.65. The maximum Gasteiger partial charge on any atom is 0.320 e. The Morgan fingerprint density at radius 2 is 2.06 bits per heavy atom. The molecule has 6 heteroatoms. The van der Waals surface area contributed by atoms with Gasteiger partial charge in [0, 0.05) is 0 Å². The number of hydrogen-bond donors (Lipinski definition) is 1. The normalized spacial score (nSPS) is 23.6. The number of carbonyl (C=O) groups excluding carboxylic acids is 1. The van der Waals surface area contributed by atoms with Gasteiger partial charge in [0.2, 0.25) is 0 Å². The van der Waals surface area contributed by atoms with Gasteiger partial charge in [0.15, 0.2) is 9.84 Å². The van der Waals surface area contributed by atoms with Crippen LogP contribution in [0.5, 0.6) is 0 Å². The predicted octanol–water partition coefficient (Wildman–Crippen LogP) is 0.352. The molecule has 1 saturated heterocycles. The van der Waals surface area contributed by atoms with Gasteiger partial charge in [0.1, 0.15) is 5.60 Å². The lowest BCUT2D eigenvalue weighted by molar-refractivity contribution is -0.153. The van der Waals surface area contributed by atoms with Crippen LogP contribution in [-0.2, 0) is 19.4 Å². The molecule has 1 heterocycles. The van der Waals surface area contributed by atoms with Crippen LogP contribution < -0.4 is 5.32 Å². The van der Waals surface area contributed by atoms with E-state index < -0.39 is 15.4 Å². The van der Waals surface area contributed by atoms with Crippen LogP contribution in [0.2, 0.25) is 0 Å². The van der Waals surface area contributed by atoms with Crippen LogP contribution in [0.15, 0.2) is 0 Å². The van der Waals surface area contributed by atoms with Crippen molar-refractivity contribution < 1.29 is 17.9 Å². The van der Waals surface area contributed by atoms with Crippen LogP contribution in [0.25, 0.3) is 0 Å². The van der Waals surface area contributed by atoms with Crippen LogP contribution in [0, 0.1) is 5.92 Å². The fourth-order valence-electron chi connectivity index (χ4n) is 1.79. The summed E-state index contributed by atoms with van der Waals surface area (Å²) >= 11 is 0. The molecule has 1 aliphatic rings. The largest absolute Gasteiger partial charge is 0.459 e. The third-order valence-corrected chi connectivity index (χ3v) is 4.29. The minimum atomic E-state index is -2.83. The van der Waals surface area contributed by atoms with Gasteiger partial charge in [-0.05, 0) is 39.7 Å². The number of sulfone groups is 1. The summed E-state index contributed by atoms with van der Waals surface area (Å²) in [7, 11) is -2.83. The van der Waals surface area contributed by atoms with E-state index in [1.54, 1.807) is 0 Å². The fraction of sp³-hybridized carbons (Fsp3) is 0.909. The van der Waals surface area contributed by atoms with Gasteiger partial charge >= 0.3 is 5.97 Å². The summed E-state index contributed by atoms with van der Waals surface area (Å²) in [6, 6.07) is 0. The zero-order chi connectivity index (χ0) is 13.1. The van der Waals surface area contributed by atoms with Gasteiger partial charge in [-0.25, -0.2) is 8.42 Å². The third-order valence-electron chi connectivity index (χ3n) is 2.45. The number of hydrogen-bond acceptors (Lipinski definition) is 5. The zero-order valence-corrected chi connectivity index (χ0v) is 11.5. The molecule has 1 aliphatic heterocycles. The van der Waals surface area contributed by atoms with E-state index in [-0.39, 0.29) is 29.9 Å². The molecular weight excluding hydrogens is 242 g/mol. The highest BCUT2D eigenvalue weighted by Crippen LogP contribution is 2.17. The summed E-state index contributed by atoms with van der Waals surface area (Å²) < 4.78 is 27.5. The molecule has 0 spiro atoms. The summed E-state index contributed by atoms with van der Waals surface area (Å²) in [6.07, 6.45) is 0.684. The van der Waals surface area contributed by atoms with Crippen LogP contribution >= 0.6 is 0 Å². The number of rotatable bonds is 4. The van der Waals surface area contributed by atoms with E-state index in [4.69, 9.17) is 4.74 Å².